The summed E-state index contributed by atoms with van der Waals surface area (Å²) in [6, 6.07) is 7.39. The summed E-state index contributed by atoms with van der Waals surface area (Å²) in [6.45, 7) is 0. The molecule has 1 aromatic heterocycles. The van der Waals surface area contributed by atoms with Crippen molar-refractivity contribution in [2.45, 2.75) is 37.6 Å². The fourth-order valence-corrected chi connectivity index (χ4v) is 3.75. The van der Waals surface area contributed by atoms with Gasteiger partial charge in [0.15, 0.2) is 5.82 Å². The van der Waals surface area contributed by atoms with Gasteiger partial charge in [0.1, 0.15) is 23.2 Å². The number of aromatic nitrogens is 2. The van der Waals surface area contributed by atoms with Crippen molar-refractivity contribution in [3.8, 4) is 23.2 Å². The van der Waals surface area contributed by atoms with E-state index in [0.717, 1.165) is 25.7 Å². The maximum Gasteiger partial charge on any atom is 0.165 e. The van der Waals surface area contributed by atoms with Crippen LogP contribution < -0.4 is 5.73 Å². The Kier molecular flexibility index (Phi) is 5.30. The standard InChI is InChI=1S/C19H22ClN5O/c1-25(2)13-6-3-11(4-7-13)17-15(10-21)18(22)24-19(23-17)14-9-12(20)5-8-16(14)26/h5,8-9,11,13,26H,3-4,6-7H2,1-2H3,(H2,22,23,24). The molecule has 0 amide bonds. The fraction of sp³-hybridized carbons (Fsp3) is 0.421. The van der Waals surface area contributed by atoms with Crippen molar-refractivity contribution in [2.24, 2.45) is 0 Å². The zero-order chi connectivity index (χ0) is 18.8. The summed E-state index contributed by atoms with van der Waals surface area (Å²) in [5.74, 6) is 0.625. The molecule has 0 unspecified atom stereocenters. The highest BCUT2D eigenvalue weighted by atomic mass is 35.5. The predicted octanol–water partition coefficient (Wildman–Crippen LogP) is 3.54. The van der Waals surface area contributed by atoms with Gasteiger partial charge in [-0.1, -0.05) is 11.6 Å². The van der Waals surface area contributed by atoms with Gasteiger partial charge in [0, 0.05) is 17.0 Å². The first-order valence-corrected chi connectivity index (χ1v) is 9.01. The molecule has 1 saturated carbocycles. The molecular weight excluding hydrogens is 350 g/mol. The van der Waals surface area contributed by atoms with Crippen LogP contribution in [0, 0.1) is 11.3 Å². The van der Waals surface area contributed by atoms with Crippen molar-refractivity contribution >= 4 is 17.4 Å². The minimum Gasteiger partial charge on any atom is -0.507 e. The second kappa shape index (κ2) is 7.48. The van der Waals surface area contributed by atoms with Gasteiger partial charge in [-0.3, -0.25) is 0 Å². The number of nitrogens with zero attached hydrogens (tertiary/aromatic N) is 4. The van der Waals surface area contributed by atoms with Gasteiger partial charge in [0.2, 0.25) is 0 Å². The molecule has 1 fully saturated rings. The van der Waals surface area contributed by atoms with Crippen LogP contribution in [0.4, 0.5) is 5.82 Å². The molecule has 0 radical (unpaired) electrons. The van der Waals surface area contributed by atoms with E-state index < -0.39 is 0 Å². The summed E-state index contributed by atoms with van der Waals surface area (Å²) in [5, 5.41) is 20.2. The Labute approximate surface area is 158 Å². The van der Waals surface area contributed by atoms with Gasteiger partial charge in [0.05, 0.1) is 11.3 Å². The summed E-state index contributed by atoms with van der Waals surface area (Å²) in [7, 11) is 4.18. The zero-order valence-corrected chi connectivity index (χ0v) is 15.7. The van der Waals surface area contributed by atoms with E-state index in [1.54, 1.807) is 12.1 Å². The fourth-order valence-electron chi connectivity index (χ4n) is 3.58. The number of aromatic hydroxyl groups is 1. The molecule has 26 heavy (non-hydrogen) atoms. The van der Waals surface area contributed by atoms with Crippen LogP contribution in [0.25, 0.3) is 11.4 Å². The van der Waals surface area contributed by atoms with Gasteiger partial charge in [-0.25, -0.2) is 9.97 Å². The van der Waals surface area contributed by atoms with E-state index in [1.807, 2.05) is 0 Å². The Morgan fingerprint density at radius 2 is 1.92 bits per heavy atom. The Morgan fingerprint density at radius 3 is 2.54 bits per heavy atom. The molecule has 2 aromatic rings. The van der Waals surface area contributed by atoms with Gasteiger partial charge in [0.25, 0.3) is 0 Å². The van der Waals surface area contributed by atoms with E-state index in [9.17, 15) is 10.4 Å². The Hall–Kier alpha value is -2.36. The van der Waals surface area contributed by atoms with Crippen molar-refractivity contribution in [1.82, 2.24) is 14.9 Å². The van der Waals surface area contributed by atoms with Gasteiger partial charge >= 0.3 is 0 Å². The molecule has 3 N–H and O–H groups in total. The van der Waals surface area contributed by atoms with E-state index in [-0.39, 0.29) is 17.5 Å². The number of nitrogens with two attached hydrogens (primary N) is 1. The van der Waals surface area contributed by atoms with Crippen LogP contribution >= 0.6 is 11.6 Å². The number of halogens is 1. The number of phenols is 1. The second-order valence-electron chi connectivity index (χ2n) is 6.94. The lowest BCUT2D eigenvalue weighted by Gasteiger charge is -2.32. The molecule has 0 saturated heterocycles. The monoisotopic (exact) mass is 371 g/mol. The van der Waals surface area contributed by atoms with E-state index in [4.69, 9.17) is 17.3 Å². The highest BCUT2D eigenvalue weighted by Gasteiger charge is 2.28. The molecule has 1 aromatic carbocycles. The highest BCUT2D eigenvalue weighted by molar-refractivity contribution is 6.30. The van der Waals surface area contributed by atoms with Crippen molar-refractivity contribution in [2.75, 3.05) is 19.8 Å². The first kappa shape index (κ1) is 18.4. The number of anilines is 1. The van der Waals surface area contributed by atoms with Crippen LogP contribution in [0.1, 0.15) is 42.9 Å². The number of nitriles is 1. The van der Waals surface area contributed by atoms with Gasteiger partial charge in [-0.05, 0) is 58.0 Å². The molecule has 7 heteroatoms. The van der Waals surface area contributed by atoms with E-state index in [2.05, 4.69) is 35.0 Å². The smallest absolute Gasteiger partial charge is 0.165 e. The summed E-state index contributed by atoms with van der Waals surface area (Å²) in [5.41, 5.74) is 7.47. The van der Waals surface area contributed by atoms with Crippen LogP contribution in [0.3, 0.4) is 0 Å². The highest BCUT2D eigenvalue weighted by Crippen LogP contribution is 2.38. The number of benzene rings is 1. The average Bonchev–Trinajstić information content (AvgIpc) is 2.63. The maximum atomic E-state index is 10.2. The van der Waals surface area contributed by atoms with Crippen molar-refractivity contribution < 1.29 is 5.11 Å². The third-order valence-electron chi connectivity index (χ3n) is 5.09. The lowest BCUT2D eigenvalue weighted by Crippen LogP contribution is -2.32. The zero-order valence-electron chi connectivity index (χ0n) is 14.9. The van der Waals surface area contributed by atoms with E-state index in [1.165, 1.54) is 6.07 Å². The third kappa shape index (κ3) is 3.59. The number of hydrogen-bond acceptors (Lipinski definition) is 6. The van der Waals surface area contributed by atoms with E-state index in [0.29, 0.717) is 33.7 Å². The van der Waals surface area contributed by atoms with Crippen LogP contribution in [-0.2, 0) is 0 Å². The normalized spacial score (nSPS) is 20.1. The summed E-state index contributed by atoms with van der Waals surface area (Å²) >= 11 is 6.04. The van der Waals surface area contributed by atoms with Crippen LogP contribution in [0.2, 0.25) is 5.02 Å². The first-order valence-electron chi connectivity index (χ1n) is 8.63. The summed E-state index contributed by atoms with van der Waals surface area (Å²) in [6.07, 6.45) is 3.97. The van der Waals surface area contributed by atoms with Crippen molar-refractivity contribution in [3.05, 3.63) is 34.5 Å². The molecular formula is C19H22ClN5O. The van der Waals surface area contributed by atoms with Crippen LogP contribution in [0.15, 0.2) is 18.2 Å². The third-order valence-corrected chi connectivity index (χ3v) is 5.33. The Morgan fingerprint density at radius 1 is 1.23 bits per heavy atom. The summed E-state index contributed by atoms with van der Waals surface area (Å²) in [4.78, 5) is 11.1. The SMILES string of the molecule is CN(C)C1CCC(c2nc(-c3cc(Cl)ccc3O)nc(N)c2C#N)CC1. The van der Waals surface area contributed by atoms with Crippen molar-refractivity contribution in [3.63, 3.8) is 0 Å². The van der Waals surface area contributed by atoms with Gasteiger partial charge in [-0.15, -0.1) is 0 Å². The minimum atomic E-state index is 0.0285. The molecule has 1 heterocycles. The summed E-state index contributed by atoms with van der Waals surface area (Å²) < 4.78 is 0. The van der Waals surface area contributed by atoms with Crippen molar-refractivity contribution in [1.29, 1.82) is 5.26 Å². The largest absolute Gasteiger partial charge is 0.507 e. The van der Waals surface area contributed by atoms with Crippen LogP contribution in [0.5, 0.6) is 5.75 Å². The number of rotatable bonds is 3. The molecule has 1 aliphatic carbocycles. The quantitative estimate of drug-likeness (QED) is 0.855. The lowest BCUT2D eigenvalue weighted by molar-refractivity contribution is 0.215. The molecule has 0 aliphatic heterocycles. The van der Waals surface area contributed by atoms with Gasteiger partial charge in [-0.2, -0.15) is 5.26 Å². The first-order chi connectivity index (χ1) is 12.4. The van der Waals surface area contributed by atoms with E-state index >= 15 is 0 Å². The predicted molar refractivity (Wildman–Crippen MR) is 102 cm³/mol. The minimum absolute atomic E-state index is 0.0285. The molecule has 6 nitrogen and oxygen atoms in total. The number of hydrogen-bond donors (Lipinski definition) is 2. The molecule has 136 valence electrons. The molecule has 0 atom stereocenters. The maximum absolute atomic E-state index is 10.2. The molecule has 3 rings (SSSR count). The number of phenolic OH excluding ortho intramolecular Hbond substituents is 1. The van der Waals surface area contributed by atoms with Crippen LogP contribution in [-0.4, -0.2) is 40.1 Å². The number of nitrogen functional groups attached to an aromatic ring is 1. The lowest BCUT2D eigenvalue weighted by atomic mass is 9.82. The topological polar surface area (TPSA) is 99.1 Å². The Balaban J connectivity index is 2.01. The average molecular weight is 372 g/mol. The second-order valence-corrected chi connectivity index (χ2v) is 7.37. The molecule has 0 bridgehead atoms. The Bertz CT molecular complexity index is 854. The molecule has 0 spiro atoms. The molecule has 1 aliphatic rings. The van der Waals surface area contributed by atoms with Gasteiger partial charge < -0.3 is 15.7 Å².